The number of carbonyl (C=O) groups excluding carboxylic acids is 3. The molecule has 0 spiro atoms. The minimum atomic E-state index is -1.04. The first-order valence-electron chi connectivity index (χ1n) is 7.56. The van der Waals surface area contributed by atoms with Crippen molar-refractivity contribution in [1.82, 2.24) is 10.6 Å². The normalized spacial score (nSPS) is 11.7. The van der Waals surface area contributed by atoms with Crippen molar-refractivity contribution in [3.63, 3.8) is 0 Å². The largest absolute Gasteiger partial charge is 0.452 e. The van der Waals surface area contributed by atoms with E-state index in [9.17, 15) is 14.4 Å². The highest BCUT2D eigenvalue weighted by Gasteiger charge is 2.20. The maximum absolute atomic E-state index is 11.9. The molecule has 0 aliphatic carbocycles. The Morgan fingerprint density at radius 2 is 1.74 bits per heavy atom. The highest BCUT2D eigenvalue weighted by atomic mass is 16.5. The topological polar surface area (TPSA) is 84.5 Å². The summed E-state index contributed by atoms with van der Waals surface area (Å²) in [4.78, 5) is 35.1. The van der Waals surface area contributed by atoms with E-state index in [0.29, 0.717) is 0 Å². The first kappa shape index (κ1) is 18.7. The quantitative estimate of drug-likeness (QED) is 0.813. The van der Waals surface area contributed by atoms with Gasteiger partial charge in [0.2, 0.25) is 0 Å². The van der Waals surface area contributed by atoms with E-state index in [1.807, 2.05) is 32.0 Å². The van der Waals surface area contributed by atoms with Crippen molar-refractivity contribution < 1.29 is 19.1 Å². The van der Waals surface area contributed by atoms with Crippen molar-refractivity contribution in [3.05, 3.63) is 34.9 Å². The Kier molecular flexibility index (Phi) is 6.75. The van der Waals surface area contributed by atoms with Crippen molar-refractivity contribution >= 4 is 17.9 Å². The number of ether oxygens (including phenoxy) is 1. The molecule has 1 aromatic rings. The van der Waals surface area contributed by atoms with Gasteiger partial charge >= 0.3 is 12.0 Å². The lowest BCUT2D eigenvalue weighted by Gasteiger charge is -2.14. The van der Waals surface area contributed by atoms with Gasteiger partial charge in [0.05, 0.1) is 6.42 Å². The number of urea groups is 1. The molecule has 126 valence electrons. The molecule has 0 aromatic heterocycles. The Bertz CT molecular complexity index is 596. The van der Waals surface area contributed by atoms with E-state index in [1.165, 1.54) is 6.92 Å². The monoisotopic (exact) mass is 320 g/mol. The predicted molar refractivity (Wildman–Crippen MR) is 87.0 cm³/mol. The molecular formula is C17H24N2O4. The zero-order valence-electron chi connectivity index (χ0n) is 14.2. The lowest BCUT2D eigenvalue weighted by molar-refractivity contribution is -0.153. The fraction of sp³-hybridized carbons (Fsp3) is 0.471. The average Bonchev–Trinajstić information content (AvgIpc) is 2.41. The molecule has 0 bridgehead atoms. The van der Waals surface area contributed by atoms with Crippen molar-refractivity contribution in [2.45, 2.75) is 53.2 Å². The van der Waals surface area contributed by atoms with Crippen LogP contribution in [0.25, 0.3) is 0 Å². The lowest BCUT2D eigenvalue weighted by Crippen LogP contribution is -2.46. The highest BCUT2D eigenvalue weighted by molar-refractivity contribution is 5.97. The third-order valence-corrected chi connectivity index (χ3v) is 3.25. The molecule has 0 fully saturated rings. The summed E-state index contributed by atoms with van der Waals surface area (Å²) in [5.41, 5.74) is 3.06. The molecule has 2 N–H and O–H groups in total. The number of imide groups is 1. The molecular weight excluding hydrogens is 296 g/mol. The number of hydrogen-bond acceptors (Lipinski definition) is 4. The van der Waals surface area contributed by atoms with Crippen LogP contribution in [0.15, 0.2) is 18.2 Å². The number of nitrogens with one attached hydrogen (secondary N) is 2. The van der Waals surface area contributed by atoms with Gasteiger partial charge in [-0.25, -0.2) is 4.79 Å². The van der Waals surface area contributed by atoms with Gasteiger partial charge in [-0.1, -0.05) is 18.2 Å². The SMILES string of the molecule is Cc1ccc(CC(=O)O[C@@H](C)C(=O)NC(=O)NC(C)C)cc1C. The standard InChI is InChI=1S/C17H24N2O4/c1-10(2)18-17(22)19-16(21)13(5)23-15(20)9-14-7-6-11(3)12(4)8-14/h6-8,10,13H,9H2,1-5H3,(H2,18,19,21,22)/t13-/m0/s1. The number of aryl methyl sites for hydroxylation is 2. The Morgan fingerprint density at radius 1 is 1.09 bits per heavy atom. The summed E-state index contributed by atoms with van der Waals surface area (Å²) >= 11 is 0. The van der Waals surface area contributed by atoms with Crippen LogP contribution < -0.4 is 10.6 Å². The summed E-state index contributed by atoms with van der Waals surface area (Å²) in [6.07, 6.45) is -0.955. The van der Waals surface area contributed by atoms with Crippen LogP contribution >= 0.6 is 0 Å². The third kappa shape index (κ3) is 6.50. The molecule has 0 aliphatic heterocycles. The molecule has 6 nitrogen and oxygen atoms in total. The molecule has 6 heteroatoms. The number of carbonyl (C=O) groups is 3. The van der Waals surface area contributed by atoms with Crippen LogP contribution in [0.3, 0.4) is 0 Å². The van der Waals surface area contributed by atoms with Gasteiger partial charge in [-0.3, -0.25) is 14.9 Å². The smallest absolute Gasteiger partial charge is 0.321 e. The fourth-order valence-electron chi connectivity index (χ4n) is 1.88. The zero-order valence-corrected chi connectivity index (χ0v) is 14.2. The minimum absolute atomic E-state index is 0.0803. The summed E-state index contributed by atoms with van der Waals surface area (Å²) in [5, 5.41) is 4.65. The first-order valence-corrected chi connectivity index (χ1v) is 7.56. The van der Waals surface area contributed by atoms with Crippen LogP contribution in [-0.4, -0.2) is 30.1 Å². The molecule has 1 rings (SSSR count). The highest BCUT2D eigenvalue weighted by Crippen LogP contribution is 2.11. The van der Waals surface area contributed by atoms with E-state index in [1.54, 1.807) is 13.8 Å². The Balaban J connectivity index is 2.50. The molecule has 3 amide bonds. The molecule has 0 radical (unpaired) electrons. The number of benzene rings is 1. The maximum atomic E-state index is 11.9. The van der Waals surface area contributed by atoms with Crippen molar-refractivity contribution in [2.75, 3.05) is 0 Å². The number of rotatable bonds is 5. The van der Waals surface area contributed by atoms with E-state index in [0.717, 1.165) is 16.7 Å². The lowest BCUT2D eigenvalue weighted by atomic mass is 10.0. The van der Waals surface area contributed by atoms with Gasteiger partial charge < -0.3 is 10.1 Å². The zero-order chi connectivity index (χ0) is 17.6. The second-order valence-electron chi connectivity index (χ2n) is 5.84. The summed E-state index contributed by atoms with van der Waals surface area (Å²) in [5.74, 6) is -1.17. The van der Waals surface area contributed by atoms with Crippen LogP contribution in [0.1, 0.15) is 37.5 Å². The summed E-state index contributed by atoms with van der Waals surface area (Å²) in [6.45, 7) is 8.93. The van der Waals surface area contributed by atoms with E-state index in [-0.39, 0.29) is 12.5 Å². The van der Waals surface area contributed by atoms with Crippen LogP contribution in [0.4, 0.5) is 4.79 Å². The molecule has 0 heterocycles. The van der Waals surface area contributed by atoms with Crippen molar-refractivity contribution in [3.8, 4) is 0 Å². The van der Waals surface area contributed by atoms with Crippen LogP contribution in [0, 0.1) is 13.8 Å². The van der Waals surface area contributed by atoms with Gasteiger partial charge in [0.1, 0.15) is 0 Å². The number of esters is 1. The van der Waals surface area contributed by atoms with Crippen LogP contribution in [0.5, 0.6) is 0 Å². The second kappa shape index (κ2) is 8.31. The Morgan fingerprint density at radius 3 is 2.30 bits per heavy atom. The van der Waals surface area contributed by atoms with Gasteiger partial charge in [-0.15, -0.1) is 0 Å². The Hall–Kier alpha value is -2.37. The molecule has 1 atom stereocenters. The van der Waals surface area contributed by atoms with Crippen molar-refractivity contribution in [1.29, 1.82) is 0 Å². The second-order valence-corrected chi connectivity index (χ2v) is 5.84. The molecule has 1 aromatic carbocycles. The van der Waals surface area contributed by atoms with Gasteiger partial charge in [0.15, 0.2) is 6.10 Å². The van der Waals surface area contributed by atoms with E-state index < -0.39 is 24.0 Å². The number of hydrogen-bond donors (Lipinski definition) is 2. The number of amides is 3. The molecule has 0 unspecified atom stereocenters. The first-order chi connectivity index (χ1) is 10.7. The van der Waals surface area contributed by atoms with Crippen LogP contribution in [0.2, 0.25) is 0 Å². The fourth-order valence-corrected chi connectivity index (χ4v) is 1.88. The summed E-state index contributed by atoms with van der Waals surface area (Å²) in [7, 11) is 0. The average molecular weight is 320 g/mol. The van der Waals surface area contributed by atoms with Gasteiger partial charge in [0, 0.05) is 6.04 Å². The third-order valence-electron chi connectivity index (χ3n) is 3.25. The minimum Gasteiger partial charge on any atom is -0.452 e. The molecule has 0 saturated heterocycles. The van der Waals surface area contributed by atoms with Crippen LogP contribution in [-0.2, 0) is 20.7 Å². The maximum Gasteiger partial charge on any atom is 0.321 e. The summed E-state index contributed by atoms with van der Waals surface area (Å²) in [6, 6.07) is 5.00. The Labute approximate surface area is 136 Å². The van der Waals surface area contributed by atoms with E-state index in [4.69, 9.17) is 4.74 Å². The predicted octanol–water partition coefficient (Wildman–Crippen LogP) is 2.01. The van der Waals surface area contributed by atoms with Crippen molar-refractivity contribution in [2.24, 2.45) is 0 Å². The summed E-state index contributed by atoms with van der Waals surface area (Å²) < 4.78 is 5.06. The van der Waals surface area contributed by atoms with Gasteiger partial charge in [-0.2, -0.15) is 0 Å². The molecule has 0 aliphatic rings. The molecule has 23 heavy (non-hydrogen) atoms. The van der Waals surface area contributed by atoms with E-state index in [2.05, 4.69) is 10.6 Å². The van der Waals surface area contributed by atoms with E-state index >= 15 is 0 Å². The van der Waals surface area contributed by atoms with Gasteiger partial charge in [0.25, 0.3) is 5.91 Å². The van der Waals surface area contributed by atoms with Gasteiger partial charge in [-0.05, 0) is 51.3 Å². The molecule has 0 saturated carbocycles.